The van der Waals surface area contributed by atoms with Crippen molar-refractivity contribution >= 4 is 0 Å². The summed E-state index contributed by atoms with van der Waals surface area (Å²) in [6, 6.07) is 6.11. The molecule has 0 aliphatic heterocycles. The van der Waals surface area contributed by atoms with Gasteiger partial charge in [-0.05, 0) is 51.8 Å². The van der Waals surface area contributed by atoms with Gasteiger partial charge in [-0.1, -0.05) is 19.9 Å². The first-order valence-electron chi connectivity index (χ1n) is 7.58. The zero-order chi connectivity index (χ0) is 15.2. The number of pyridine rings is 1. The summed E-state index contributed by atoms with van der Waals surface area (Å²) >= 11 is 0. The van der Waals surface area contributed by atoms with E-state index in [0.29, 0.717) is 0 Å². The van der Waals surface area contributed by atoms with Gasteiger partial charge in [0.1, 0.15) is 0 Å². The normalized spacial score (nSPS) is 15.3. The van der Waals surface area contributed by atoms with Crippen LogP contribution in [0.4, 0.5) is 0 Å². The molecular formula is C17H31N3. The molecule has 0 spiro atoms. The summed E-state index contributed by atoms with van der Waals surface area (Å²) in [6.07, 6.45) is 3.03. The Morgan fingerprint density at radius 2 is 1.90 bits per heavy atom. The van der Waals surface area contributed by atoms with E-state index < -0.39 is 0 Å². The fraction of sp³-hybridized carbons (Fsp3) is 0.706. The molecule has 114 valence electrons. The lowest BCUT2D eigenvalue weighted by Crippen LogP contribution is -2.46. The first-order valence-corrected chi connectivity index (χ1v) is 7.58. The highest BCUT2D eigenvalue weighted by Crippen LogP contribution is 2.22. The number of aromatic nitrogens is 1. The minimum atomic E-state index is 0.177. The van der Waals surface area contributed by atoms with Crippen LogP contribution in [0.5, 0.6) is 0 Å². The van der Waals surface area contributed by atoms with Gasteiger partial charge in [0.15, 0.2) is 0 Å². The molecule has 1 heterocycles. The third-order valence-electron chi connectivity index (χ3n) is 3.71. The van der Waals surface area contributed by atoms with Crippen molar-refractivity contribution in [3.05, 3.63) is 30.1 Å². The van der Waals surface area contributed by atoms with E-state index in [0.717, 1.165) is 25.3 Å². The smallest absolute Gasteiger partial charge is 0.0543 e. The molecule has 0 saturated carbocycles. The summed E-state index contributed by atoms with van der Waals surface area (Å²) in [5.74, 6) is 0. The Morgan fingerprint density at radius 3 is 2.40 bits per heavy atom. The number of nitrogens with zero attached hydrogens (tertiary/aromatic N) is 2. The summed E-state index contributed by atoms with van der Waals surface area (Å²) in [7, 11) is 2.18. The lowest BCUT2D eigenvalue weighted by molar-refractivity contribution is 0.163. The molecule has 20 heavy (non-hydrogen) atoms. The number of hydrogen-bond acceptors (Lipinski definition) is 3. The molecule has 1 aromatic rings. The Balaban J connectivity index is 2.53. The van der Waals surface area contributed by atoms with Crippen molar-refractivity contribution in [3.63, 3.8) is 0 Å². The molecular weight excluding hydrogens is 246 g/mol. The second-order valence-corrected chi connectivity index (χ2v) is 7.26. The van der Waals surface area contributed by atoms with E-state index in [-0.39, 0.29) is 11.0 Å². The van der Waals surface area contributed by atoms with Gasteiger partial charge in [-0.15, -0.1) is 0 Å². The van der Waals surface area contributed by atoms with Crippen molar-refractivity contribution < 1.29 is 0 Å². The minimum absolute atomic E-state index is 0.177. The van der Waals surface area contributed by atoms with E-state index >= 15 is 0 Å². The van der Waals surface area contributed by atoms with Gasteiger partial charge >= 0.3 is 0 Å². The summed E-state index contributed by atoms with van der Waals surface area (Å²) in [4.78, 5) is 6.77. The summed E-state index contributed by atoms with van der Waals surface area (Å²) in [6.45, 7) is 14.3. The fourth-order valence-corrected chi connectivity index (χ4v) is 2.25. The highest BCUT2D eigenvalue weighted by atomic mass is 15.1. The van der Waals surface area contributed by atoms with E-state index in [1.165, 1.54) is 6.42 Å². The molecule has 1 rings (SSSR count). The molecule has 1 N–H and O–H groups in total. The van der Waals surface area contributed by atoms with Gasteiger partial charge in [-0.2, -0.15) is 0 Å². The van der Waals surface area contributed by atoms with Gasteiger partial charge < -0.3 is 5.32 Å². The summed E-state index contributed by atoms with van der Waals surface area (Å²) in [5, 5.41) is 3.64. The van der Waals surface area contributed by atoms with Gasteiger partial charge in [0.2, 0.25) is 0 Å². The van der Waals surface area contributed by atoms with Crippen LogP contribution in [0, 0.1) is 5.41 Å². The van der Waals surface area contributed by atoms with Crippen molar-refractivity contribution in [2.45, 2.75) is 53.1 Å². The topological polar surface area (TPSA) is 28.2 Å². The predicted molar refractivity (Wildman–Crippen MR) is 86.7 cm³/mol. The van der Waals surface area contributed by atoms with Gasteiger partial charge in [-0.25, -0.2) is 0 Å². The van der Waals surface area contributed by atoms with Crippen LogP contribution < -0.4 is 5.32 Å². The van der Waals surface area contributed by atoms with Crippen molar-refractivity contribution in [2.24, 2.45) is 5.41 Å². The average molecular weight is 277 g/mol. The van der Waals surface area contributed by atoms with E-state index in [2.05, 4.69) is 69.0 Å². The molecule has 3 heteroatoms. The standard InChI is InChI=1S/C17H31N3/c1-7-17(5,13-19-16(2,3)4)14-20(6)12-15-10-8-9-11-18-15/h8-11,19H,7,12-14H2,1-6H3. The Kier molecular flexibility index (Phi) is 6.15. The molecule has 3 nitrogen and oxygen atoms in total. The molecule has 1 aromatic heterocycles. The van der Waals surface area contributed by atoms with E-state index in [4.69, 9.17) is 0 Å². The monoisotopic (exact) mass is 277 g/mol. The third kappa shape index (κ3) is 6.49. The predicted octanol–water partition coefficient (Wildman–Crippen LogP) is 3.32. The summed E-state index contributed by atoms with van der Waals surface area (Å²) < 4.78 is 0. The van der Waals surface area contributed by atoms with Crippen LogP contribution in [0.3, 0.4) is 0 Å². The first-order chi connectivity index (χ1) is 9.24. The maximum absolute atomic E-state index is 4.40. The third-order valence-corrected chi connectivity index (χ3v) is 3.71. The molecule has 1 unspecified atom stereocenters. The maximum atomic E-state index is 4.40. The molecule has 0 radical (unpaired) electrons. The van der Waals surface area contributed by atoms with Gasteiger partial charge in [-0.3, -0.25) is 9.88 Å². The van der Waals surface area contributed by atoms with Crippen LogP contribution in [0.1, 0.15) is 46.7 Å². The average Bonchev–Trinajstić information content (AvgIpc) is 2.37. The molecule has 0 aromatic carbocycles. The Bertz CT molecular complexity index is 383. The lowest BCUT2D eigenvalue weighted by Gasteiger charge is -2.36. The molecule has 0 fully saturated rings. The highest BCUT2D eigenvalue weighted by molar-refractivity contribution is 5.03. The quantitative estimate of drug-likeness (QED) is 0.828. The van der Waals surface area contributed by atoms with Gasteiger partial charge in [0.05, 0.1) is 5.69 Å². The molecule has 0 bridgehead atoms. The second kappa shape index (κ2) is 7.19. The lowest BCUT2D eigenvalue weighted by atomic mass is 9.86. The van der Waals surface area contributed by atoms with Crippen LogP contribution in [0.25, 0.3) is 0 Å². The van der Waals surface area contributed by atoms with Crippen molar-refractivity contribution in [2.75, 3.05) is 20.1 Å². The van der Waals surface area contributed by atoms with Crippen LogP contribution in [-0.2, 0) is 6.54 Å². The van der Waals surface area contributed by atoms with E-state index in [1.807, 2.05) is 12.3 Å². The number of hydrogen-bond donors (Lipinski definition) is 1. The second-order valence-electron chi connectivity index (χ2n) is 7.26. The summed E-state index contributed by atoms with van der Waals surface area (Å²) in [5.41, 5.74) is 1.60. The Morgan fingerprint density at radius 1 is 1.20 bits per heavy atom. The van der Waals surface area contributed by atoms with Crippen molar-refractivity contribution in [3.8, 4) is 0 Å². The SMILES string of the molecule is CCC(C)(CNC(C)(C)C)CN(C)Cc1ccccn1. The van der Waals surface area contributed by atoms with Crippen LogP contribution in [0.15, 0.2) is 24.4 Å². The Hall–Kier alpha value is -0.930. The molecule has 0 amide bonds. The number of nitrogens with one attached hydrogen (secondary N) is 1. The van der Waals surface area contributed by atoms with E-state index in [9.17, 15) is 0 Å². The zero-order valence-electron chi connectivity index (χ0n) is 14.0. The number of rotatable bonds is 7. The first kappa shape index (κ1) is 17.1. The molecule has 0 aliphatic rings. The highest BCUT2D eigenvalue weighted by Gasteiger charge is 2.25. The van der Waals surface area contributed by atoms with Gasteiger partial charge in [0, 0.05) is 31.4 Å². The van der Waals surface area contributed by atoms with Crippen molar-refractivity contribution in [1.29, 1.82) is 0 Å². The molecule has 0 aliphatic carbocycles. The molecule has 1 atom stereocenters. The fourth-order valence-electron chi connectivity index (χ4n) is 2.25. The van der Waals surface area contributed by atoms with E-state index in [1.54, 1.807) is 0 Å². The van der Waals surface area contributed by atoms with Gasteiger partial charge in [0.25, 0.3) is 0 Å². The van der Waals surface area contributed by atoms with Crippen LogP contribution in [-0.4, -0.2) is 35.6 Å². The van der Waals surface area contributed by atoms with Crippen molar-refractivity contribution in [1.82, 2.24) is 15.2 Å². The largest absolute Gasteiger partial charge is 0.311 e. The Labute approximate surface area is 124 Å². The minimum Gasteiger partial charge on any atom is -0.311 e. The van der Waals surface area contributed by atoms with Crippen LogP contribution >= 0.6 is 0 Å². The zero-order valence-corrected chi connectivity index (χ0v) is 14.0. The van der Waals surface area contributed by atoms with Crippen LogP contribution in [0.2, 0.25) is 0 Å². The maximum Gasteiger partial charge on any atom is 0.0543 e. The molecule has 0 saturated heterocycles.